The predicted octanol–water partition coefficient (Wildman–Crippen LogP) is 3.02. The van der Waals surface area contributed by atoms with Crippen LogP contribution >= 0.6 is 0 Å². The summed E-state index contributed by atoms with van der Waals surface area (Å²) >= 11 is 0. The van der Waals surface area contributed by atoms with E-state index in [1.165, 1.54) is 0 Å². The summed E-state index contributed by atoms with van der Waals surface area (Å²) in [6, 6.07) is 13.6. The first-order chi connectivity index (χ1) is 12.5. The van der Waals surface area contributed by atoms with E-state index in [-0.39, 0.29) is 17.9 Å². The van der Waals surface area contributed by atoms with Gasteiger partial charge in [0, 0.05) is 31.6 Å². The number of carbonyl (C=O) groups excluding carboxylic acids is 2. The number of aryl methyl sites for hydroxylation is 1. The van der Waals surface area contributed by atoms with E-state index in [2.05, 4.69) is 11.4 Å². The van der Waals surface area contributed by atoms with Crippen LogP contribution in [0.4, 0.5) is 0 Å². The zero-order valence-electron chi connectivity index (χ0n) is 15.4. The van der Waals surface area contributed by atoms with E-state index in [1.54, 1.807) is 19.1 Å². The number of amides is 2. The molecule has 0 aromatic heterocycles. The number of hydrogen-bond acceptors (Lipinski definition) is 3. The third kappa shape index (κ3) is 3.87. The Labute approximate surface area is 154 Å². The Morgan fingerprint density at radius 1 is 1.19 bits per heavy atom. The van der Waals surface area contributed by atoms with Gasteiger partial charge in [-0.2, -0.15) is 0 Å². The Balaban J connectivity index is 1.75. The van der Waals surface area contributed by atoms with Crippen molar-refractivity contribution in [2.75, 3.05) is 20.7 Å². The molecule has 0 saturated carbocycles. The number of hydrogen-bond donors (Lipinski definition) is 1. The molecule has 1 heterocycles. The first-order valence-corrected chi connectivity index (χ1v) is 8.78. The molecule has 0 aliphatic carbocycles. The molecule has 1 aliphatic heterocycles. The minimum atomic E-state index is -0.107. The number of likely N-dealkylation sites (tertiary alicyclic amines) is 1. The summed E-state index contributed by atoms with van der Waals surface area (Å²) in [5.74, 6) is 0.871. The molecule has 0 unspecified atom stereocenters. The van der Waals surface area contributed by atoms with Gasteiger partial charge in [0.1, 0.15) is 5.75 Å². The van der Waals surface area contributed by atoms with E-state index < -0.39 is 0 Å². The number of ether oxygens (including phenoxy) is 1. The summed E-state index contributed by atoms with van der Waals surface area (Å²) in [6.07, 6.45) is 1.17. The number of likely N-dealkylation sites (N-methyl/N-ethyl adjacent to an activating group) is 1. The highest BCUT2D eigenvalue weighted by Crippen LogP contribution is 2.26. The molecule has 1 N–H and O–H groups in total. The Hall–Kier alpha value is -2.82. The van der Waals surface area contributed by atoms with Crippen LogP contribution in [-0.2, 0) is 4.79 Å². The second kappa shape index (κ2) is 7.60. The summed E-state index contributed by atoms with van der Waals surface area (Å²) in [6.45, 7) is 2.56. The van der Waals surface area contributed by atoms with E-state index in [9.17, 15) is 9.59 Å². The molecule has 2 amide bonds. The number of methoxy groups -OCH3 is 1. The highest BCUT2D eigenvalue weighted by Gasteiger charge is 2.24. The van der Waals surface area contributed by atoms with Gasteiger partial charge in [0.2, 0.25) is 5.91 Å². The van der Waals surface area contributed by atoms with Crippen LogP contribution in [0.15, 0.2) is 42.5 Å². The molecule has 5 nitrogen and oxygen atoms in total. The van der Waals surface area contributed by atoms with Gasteiger partial charge in [0.05, 0.1) is 7.11 Å². The standard InChI is InChI=1S/C21H24N2O3/c1-14-11-16(7-9-19(14)26-3)15-5-4-6-17(12-15)21(25)22-18-8-10-20(24)23(2)13-18/h4-7,9,11-12,18H,8,10,13H2,1-3H3,(H,22,25)/t18-/m0/s1. The van der Waals surface area contributed by atoms with Crippen LogP contribution in [0.2, 0.25) is 0 Å². The lowest BCUT2D eigenvalue weighted by Gasteiger charge is -2.30. The SMILES string of the molecule is COc1ccc(-c2cccc(C(=O)N[C@H]3CCC(=O)N(C)C3)c2)cc1C. The van der Waals surface area contributed by atoms with Gasteiger partial charge >= 0.3 is 0 Å². The van der Waals surface area contributed by atoms with Crippen LogP contribution in [0.25, 0.3) is 11.1 Å². The number of carbonyl (C=O) groups is 2. The molecule has 2 aromatic rings. The second-order valence-electron chi connectivity index (χ2n) is 6.75. The first-order valence-electron chi connectivity index (χ1n) is 8.78. The number of piperidine rings is 1. The molecular weight excluding hydrogens is 328 g/mol. The van der Waals surface area contributed by atoms with Gasteiger partial charge in [-0.1, -0.05) is 18.2 Å². The topological polar surface area (TPSA) is 58.6 Å². The van der Waals surface area contributed by atoms with Crippen LogP contribution in [0.5, 0.6) is 5.75 Å². The van der Waals surface area contributed by atoms with Crippen LogP contribution in [-0.4, -0.2) is 43.5 Å². The molecule has 0 bridgehead atoms. The summed E-state index contributed by atoms with van der Waals surface area (Å²) in [7, 11) is 3.43. The van der Waals surface area contributed by atoms with E-state index in [0.717, 1.165) is 22.4 Å². The average molecular weight is 352 g/mol. The van der Waals surface area contributed by atoms with Gasteiger partial charge in [0.25, 0.3) is 5.91 Å². The fourth-order valence-electron chi connectivity index (χ4n) is 3.30. The molecule has 1 atom stereocenters. The van der Waals surface area contributed by atoms with Crippen molar-refractivity contribution in [1.82, 2.24) is 10.2 Å². The third-order valence-electron chi connectivity index (χ3n) is 4.81. The van der Waals surface area contributed by atoms with Crippen LogP contribution in [0, 0.1) is 6.92 Å². The Morgan fingerprint density at radius 3 is 2.65 bits per heavy atom. The average Bonchev–Trinajstić information content (AvgIpc) is 2.64. The van der Waals surface area contributed by atoms with Crippen molar-refractivity contribution >= 4 is 11.8 Å². The van der Waals surface area contributed by atoms with E-state index in [0.29, 0.717) is 24.9 Å². The van der Waals surface area contributed by atoms with E-state index in [4.69, 9.17) is 4.74 Å². The fourth-order valence-corrected chi connectivity index (χ4v) is 3.30. The van der Waals surface area contributed by atoms with E-state index >= 15 is 0 Å². The van der Waals surface area contributed by atoms with Crippen LogP contribution in [0.3, 0.4) is 0 Å². The summed E-state index contributed by atoms with van der Waals surface area (Å²) < 4.78 is 5.31. The van der Waals surface area contributed by atoms with Gasteiger partial charge in [0.15, 0.2) is 0 Å². The molecule has 2 aromatic carbocycles. The number of rotatable bonds is 4. The molecule has 5 heteroatoms. The smallest absolute Gasteiger partial charge is 0.251 e. The Kier molecular flexibility index (Phi) is 5.26. The molecule has 1 saturated heterocycles. The Bertz CT molecular complexity index is 832. The maximum atomic E-state index is 12.6. The fraction of sp³-hybridized carbons (Fsp3) is 0.333. The number of benzene rings is 2. The molecule has 3 rings (SSSR count). The van der Waals surface area contributed by atoms with Crippen LogP contribution in [0.1, 0.15) is 28.8 Å². The monoisotopic (exact) mass is 352 g/mol. The van der Waals surface area contributed by atoms with Crippen molar-refractivity contribution in [3.05, 3.63) is 53.6 Å². The van der Waals surface area contributed by atoms with E-state index in [1.807, 2.05) is 43.3 Å². The van der Waals surface area contributed by atoms with Crippen molar-refractivity contribution in [1.29, 1.82) is 0 Å². The van der Waals surface area contributed by atoms with Crippen molar-refractivity contribution in [3.63, 3.8) is 0 Å². The normalized spacial score (nSPS) is 17.1. The van der Waals surface area contributed by atoms with Crippen molar-refractivity contribution in [2.45, 2.75) is 25.8 Å². The summed E-state index contributed by atoms with van der Waals surface area (Å²) in [4.78, 5) is 25.9. The molecule has 0 spiro atoms. The van der Waals surface area contributed by atoms with Gasteiger partial charge in [-0.15, -0.1) is 0 Å². The van der Waals surface area contributed by atoms with Gasteiger partial charge < -0.3 is 15.0 Å². The molecule has 0 radical (unpaired) electrons. The third-order valence-corrected chi connectivity index (χ3v) is 4.81. The first kappa shape index (κ1) is 18.0. The minimum absolute atomic E-state index is 0.00270. The van der Waals surface area contributed by atoms with Gasteiger partial charge in [-0.3, -0.25) is 9.59 Å². The summed E-state index contributed by atoms with van der Waals surface area (Å²) in [5, 5.41) is 3.04. The van der Waals surface area contributed by atoms with Crippen molar-refractivity contribution < 1.29 is 14.3 Å². The zero-order chi connectivity index (χ0) is 18.7. The van der Waals surface area contributed by atoms with Crippen molar-refractivity contribution in [3.8, 4) is 16.9 Å². The lowest BCUT2D eigenvalue weighted by atomic mass is 10.00. The quantitative estimate of drug-likeness (QED) is 0.920. The molecular formula is C21H24N2O3. The lowest BCUT2D eigenvalue weighted by molar-refractivity contribution is -0.132. The van der Waals surface area contributed by atoms with Gasteiger partial charge in [-0.25, -0.2) is 0 Å². The Morgan fingerprint density at radius 2 is 1.96 bits per heavy atom. The zero-order valence-corrected chi connectivity index (χ0v) is 15.4. The highest BCUT2D eigenvalue weighted by molar-refractivity contribution is 5.95. The molecule has 1 fully saturated rings. The highest BCUT2D eigenvalue weighted by atomic mass is 16.5. The van der Waals surface area contributed by atoms with Crippen LogP contribution < -0.4 is 10.1 Å². The second-order valence-corrected chi connectivity index (χ2v) is 6.75. The molecule has 1 aliphatic rings. The number of nitrogens with zero attached hydrogens (tertiary/aromatic N) is 1. The predicted molar refractivity (Wildman–Crippen MR) is 101 cm³/mol. The maximum absolute atomic E-state index is 12.6. The van der Waals surface area contributed by atoms with Gasteiger partial charge in [-0.05, 0) is 54.3 Å². The summed E-state index contributed by atoms with van der Waals surface area (Å²) in [5.41, 5.74) is 3.70. The molecule has 136 valence electrons. The largest absolute Gasteiger partial charge is 0.496 e. The number of nitrogens with one attached hydrogen (secondary N) is 1. The maximum Gasteiger partial charge on any atom is 0.251 e. The lowest BCUT2D eigenvalue weighted by Crippen LogP contribution is -2.48. The minimum Gasteiger partial charge on any atom is -0.496 e. The molecule has 26 heavy (non-hydrogen) atoms. The van der Waals surface area contributed by atoms with Crippen molar-refractivity contribution in [2.24, 2.45) is 0 Å².